The van der Waals surface area contributed by atoms with Crippen molar-refractivity contribution in [3.8, 4) is 0 Å². The number of benzene rings is 1. The van der Waals surface area contributed by atoms with Crippen molar-refractivity contribution in [1.29, 1.82) is 0 Å². The van der Waals surface area contributed by atoms with Gasteiger partial charge in [-0.1, -0.05) is 6.07 Å². The van der Waals surface area contributed by atoms with Crippen LogP contribution in [0.4, 0.5) is 5.69 Å². The summed E-state index contributed by atoms with van der Waals surface area (Å²) < 4.78 is 0. The molecule has 0 aromatic heterocycles. The summed E-state index contributed by atoms with van der Waals surface area (Å²) in [5.41, 5.74) is 2.66. The minimum absolute atomic E-state index is 0.0671. The van der Waals surface area contributed by atoms with Gasteiger partial charge in [-0.2, -0.15) is 0 Å². The minimum atomic E-state index is -0.0671. The smallest absolute Gasteiger partial charge is 0.251 e. The fraction of sp³-hybridized carbons (Fsp3) is 0.500. The van der Waals surface area contributed by atoms with E-state index in [9.17, 15) is 9.59 Å². The number of carbonyl (C=O) groups excluding carboxylic acids is 2. The molecule has 0 aliphatic carbocycles. The van der Waals surface area contributed by atoms with Gasteiger partial charge in [-0.25, -0.2) is 0 Å². The van der Waals surface area contributed by atoms with E-state index in [-0.39, 0.29) is 11.8 Å². The molecule has 2 rings (SSSR count). The van der Waals surface area contributed by atoms with Crippen LogP contribution in [0, 0.1) is 6.92 Å². The van der Waals surface area contributed by atoms with E-state index in [4.69, 9.17) is 0 Å². The number of hydrogen-bond donors (Lipinski definition) is 2. The van der Waals surface area contributed by atoms with Crippen LogP contribution >= 0.6 is 0 Å². The normalized spacial score (nSPS) is 15.7. The fourth-order valence-corrected chi connectivity index (χ4v) is 2.73. The van der Waals surface area contributed by atoms with Crippen molar-refractivity contribution in [3.05, 3.63) is 29.3 Å². The van der Waals surface area contributed by atoms with E-state index < -0.39 is 0 Å². The van der Waals surface area contributed by atoms with Gasteiger partial charge in [0.05, 0.1) is 0 Å². The topological polar surface area (TPSA) is 61.4 Å². The number of piperidine rings is 1. The zero-order valence-corrected chi connectivity index (χ0v) is 12.9. The molecular formula is C16H23N3O2. The Labute approximate surface area is 125 Å². The third-order valence-electron chi connectivity index (χ3n) is 4.11. The SMILES string of the molecule is CNC(=O)c1cccc(NC2CCN(C(C)=O)CC2)c1C. The van der Waals surface area contributed by atoms with Gasteiger partial charge >= 0.3 is 0 Å². The zero-order valence-electron chi connectivity index (χ0n) is 12.9. The second-order valence-corrected chi connectivity index (χ2v) is 5.48. The molecule has 1 saturated heterocycles. The molecule has 114 valence electrons. The zero-order chi connectivity index (χ0) is 15.4. The second-order valence-electron chi connectivity index (χ2n) is 5.48. The Morgan fingerprint density at radius 1 is 1.24 bits per heavy atom. The van der Waals surface area contributed by atoms with Gasteiger partial charge < -0.3 is 15.5 Å². The Morgan fingerprint density at radius 2 is 1.90 bits per heavy atom. The van der Waals surface area contributed by atoms with Gasteiger partial charge in [-0.15, -0.1) is 0 Å². The lowest BCUT2D eigenvalue weighted by atomic mass is 10.0. The highest BCUT2D eigenvalue weighted by Gasteiger charge is 2.21. The van der Waals surface area contributed by atoms with Crippen LogP contribution in [-0.4, -0.2) is 42.9 Å². The van der Waals surface area contributed by atoms with Gasteiger partial charge in [-0.05, 0) is 37.5 Å². The maximum absolute atomic E-state index is 11.8. The lowest BCUT2D eigenvalue weighted by Gasteiger charge is -2.32. The van der Waals surface area contributed by atoms with Gasteiger partial charge in [0.1, 0.15) is 0 Å². The second kappa shape index (κ2) is 6.61. The molecule has 2 amide bonds. The third kappa shape index (κ3) is 3.54. The number of amides is 2. The number of carbonyl (C=O) groups is 2. The van der Waals surface area contributed by atoms with Crippen molar-refractivity contribution in [2.45, 2.75) is 32.7 Å². The van der Waals surface area contributed by atoms with Crippen LogP contribution in [0.5, 0.6) is 0 Å². The first kappa shape index (κ1) is 15.4. The maximum atomic E-state index is 11.8. The van der Waals surface area contributed by atoms with Gasteiger partial charge in [0, 0.05) is 44.4 Å². The first-order valence-corrected chi connectivity index (χ1v) is 7.36. The van der Waals surface area contributed by atoms with Crippen molar-refractivity contribution < 1.29 is 9.59 Å². The summed E-state index contributed by atoms with van der Waals surface area (Å²) in [4.78, 5) is 25.0. The van der Waals surface area contributed by atoms with E-state index >= 15 is 0 Å². The van der Waals surface area contributed by atoms with Crippen LogP contribution in [0.25, 0.3) is 0 Å². The molecule has 1 aromatic rings. The maximum Gasteiger partial charge on any atom is 0.251 e. The van der Waals surface area contributed by atoms with E-state index in [1.165, 1.54) is 0 Å². The third-order valence-corrected chi connectivity index (χ3v) is 4.11. The van der Waals surface area contributed by atoms with Crippen molar-refractivity contribution in [2.75, 3.05) is 25.5 Å². The molecule has 1 aliphatic heterocycles. The van der Waals surface area contributed by atoms with Gasteiger partial charge in [0.2, 0.25) is 5.91 Å². The monoisotopic (exact) mass is 289 g/mol. The van der Waals surface area contributed by atoms with Crippen LogP contribution in [-0.2, 0) is 4.79 Å². The van der Waals surface area contributed by atoms with Crippen LogP contribution in [0.15, 0.2) is 18.2 Å². The summed E-state index contributed by atoms with van der Waals surface area (Å²) in [6, 6.07) is 6.07. The largest absolute Gasteiger partial charge is 0.382 e. The molecule has 1 aliphatic rings. The molecule has 2 N–H and O–H groups in total. The molecule has 0 radical (unpaired) electrons. The molecule has 5 heteroatoms. The average Bonchev–Trinajstić information content (AvgIpc) is 2.49. The summed E-state index contributed by atoms with van der Waals surface area (Å²) in [7, 11) is 1.64. The highest BCUT2D eigenvalue weighted by Crippen LogP contribution is 2.22. The Bertz CT molecular complexity index is 534. The molecule has 21 heavy (non-hydrogen) atoms. The number of nitrogens with zero attached hydrogens (tertiary/aromatic N) is 1. The Balaban J connectivity index is 2.04. The van der Waals surface area contributed by atoms with E-state index in [1.54, 1.807) is 14.0 Å². The number of nitrogens with one attached hydrogen (secondary N) is 2. The van der Waals surface area contributed by atoms with Crippen molar-refractivity contribution in [2.24, 2.45) is 0 Å². The lowest BCUT2D eigenvalue weighted by molar-refractivity contribution is -0.129. The molecule has 0 bridgehead atoms. The molecule has 1 fully saturated rings. The van der Waals surface area contributed by atoms with E-state index in [0.29, 0.717) is 11.6 Å². The first-order valence-electron chi connectivity index (χ1n) is 7.36. The molecule has 1 aromatic carbocycles. The number of likely N-dealkylation sites (tertiary alicyclic amines) is 1. The lowest BCUT2D eigenvalue weighted by Crippen LogP contribution is -2.41. The van der Waals surface area contributed by atoms with E-state index in [2.05, 4.69) is 10.6 Å². The van der Waals surface area contributed by atoms with Crippen LogP contribution in [0.2, 0.25) is 0 Å². The summed E-state index contributed by atoms with van der Waals surface area (Å²) in [6.45, 7) is 5.16. The molecule has 0 atom stereocenters. The Morgan fingerprint density at radius 3 is 2.48 bits per heavy atom. The van der Waals surface area contributed by atoms with Gasteiger partial charge in [0.15, 0.2) is 0 Å². The molecule has 5 nitrogen and oxygen atoms in total. The minimum Gasteiger partial charge on any atom is -0.382 e. The van der Waals surface area contributed by atoms with Gasteiger partial charge in [-0.3, -0.25) is 9.59 Å². The van der Waals surface area contributed by atoms with Crippen LogP contribution < -0.4 is 10.6 Å². The number of anilines is 1. The van der Waals surface area contributed by atoms with E-state index in [0.717, 1.165) is 37.2 Å². The van der Waals surface area contributed by atoms with Crippen molar-refractivity contribution >= 4 is 17.5 Å². The van der Waals surface area contributed by atoms with Crippen LogP contribution in [0.3, 0.4) is 0 Å². The summed E-state index contributed by atoms with van der Waals surface area (Å²) in [6.07, 6.45) is 1.87. The van der Waals surface area contributed by atoms with E-state index in [1.807, 2.05) is 30.0 Å². The molecule has 0 unspecified atom stereocenters. The summed E-state index contributed by atoms with van der Waals surface area (Å²) in [5.74, 6) is 0.0776. The number of hydrogen-bond acceptors (Lipinski definition) is 3. The molecular weight excluding hydrogens is 266 g/mol. The predicted octanol–water partition coefficient (Wildman–Crippen LogP) is 1.78. The molecule has 0 spiro atoms. The van der Waals surface area contributed by atoms with Crippen molar-refractivity contribution in [1.82, 2.24) is 10.2 Å². The average molecular weight is 289 g/mol. The quantitative estimate of drug-likeness (QED) is 0.891. The highest BCUT2D eigenvalue weighted by atomic mass is 16.2. The summed E-state index contributed by atoms with van der Waals surface area (Å²) >= 11 is 0. The summed E-state index contributed by atoms with van der Waals surface area (Å²) in [5, 5.41) is 6.17. The Hall–Kier alpha value is -2.04. The van der Waals surface area contributed by atoms with Gasteiger partial charge in [0.25, 0.3) is 5.91 Å². The molecule has 1 heterocycles. The Kier molecular flexibility index (Phi) is 4.83. The predicted molar refractivity (Wildman–Crippen MR) is 83.5 cm³/mol. The highest BCUT2D eigenvalue weighted by molar-refractivity contribution is 5.96. The molecule has 0 saturated carbocycles. The van der Waals surface area contributed by atoms with Crippen molar-refractivity contribution in [3.63, 3.8) is 0 Å². The van der Waals surface area contributed by atoms with Crippen LogP contribution in [0.1, 0.15) is 35.7 Å². The fourth-order valence-electron chi connectivity index (χ4n) is 2.73. The first-order chi connectivity index (χ1) is 10.0. The standard InChI is InChI=1S/C16H23N3O2/c1-11-14(16(21)17-3)5-4-6-15(11)18-13-7-9-19(10-8-13)12(2)20/h4-6,13,18H,7-10H2,1-3H3,(H,17,21). The number of rotatable bonds is 3.